The molecule has 0 radical (unpaired) electrons. The van der Waals surface area contributed by atoms with Gasteiger partial charge in [-0.2, -0.15) is 0 Å². The molecule has 110 valence electrons. The number of hydrogen-bond donors (Lipinski definition) is 1. The predicted molar refractivity (Wildman–Crippen MR) is 66.4 cm³/mol. The second-order valence-corrected chi connectivity index (χ2v) is 4.84. The lowest BCUT2D eigenvalue weighted by atomic mass is 10.1. The van der Waals surface area contributed by atoms with Gasteiger partial charge in [0.15, 0.2) is 0 Å². The molecular weight excluding hydrogens is 254 g/mol. The maximum atomic E-state index is 11.5. The van der Waals surface area contributed by atoms with Crippen molar-refractivity contribution in [1.82, 2.24) is 5.32 Å². The Morgan fingerprint density at radius 1 is 1.11 bits per heavy atom. The van der Waals surface area contributed by atoms with Gasteiger partial charge >= 0.3 is 18.0 Å². The smallest absolute Gasteiger partial charge is 0.408 e. The summed E-state index contributed by atoms with van der Waals surface area (Å²) in [5.74, 6) is -1.12. The van der Waals surface area contributed by atoms with Crippen molar-refractivity contribution in [2.45, 2.75) is 45.3 Å². The molecule has 1 atom stereocenters. The maximum absolute atomic E-state index is 11.5. The zero-order valence-electron chi connectivity index (χ0n) is 11.9. The quantitative estimate of drug-likeness (QED) is 0.594. The van der Waals surface area contributed by atoms with E-state index in [-0.39, 0.29) is 12.8 Å². The van der Waals surface area contributed by atoms with Crippen molar-refractivity contribution in [3.8, 4) is 0 Å². The van der Waals surface area contributed by atoms with Gasteiger partial charge in [-0.25, -0.2) is 9.59 Å². The normalized spacial score (nSPS) is 12.3. The zero-order valence-corrected chi connectivity index (χ0v) is 11.9. The summed E-state index contributed by atoms with van der Waals surface area (Å²) in [6.45, 7) is 5.11. The Balaban J connectivity index is 4.47. The fourth-order valence-corrected chi connectivity index (χ4v) is 1.21. The number of ether oxygens (including phenoxy) is 3. The number of hydrogen-bond acceptors (Lipinski definition) is 6. The molecule has 0 aromatic rings. The average Bonchev–Trinajstić information content (AvgIpc) is 2.30. The van der Waals surface area contributed by atoms with Crippen LogP contribution < -0.4 is 5.32 Å². The van der Waals surface area contributed by atoms with Crippen molar-refractivity contribution in [1.29, 1.82) is 0 Å². The minimum absolute atomic E-state index is 0.00787. The second-order valence-electron chi connectivity index (χ2n) is 4.84. The van der Waals surface area contributed by atoms with Crippen LogP contribution in [0.1, 0.15) is 33.6 Å². The number of amides is 1. The second kappa shape index (κ2) is 7.60. The molecule has 0 aliphatic rings. The molecule has 19 heavy (non-hydrogen) atoms. The Morgan fingerprint density at radius 3 is 2.11 bits per heavy atom. The molecule has 0 rings (SSSR count). The molecule has 0 unspecified atom stereocenters. The molecule has 0 bridgehead atoms. The fraction of sp³-hybridized carbons (Fsp3) is 0.750. The molecule has 0 saturated heterocycles. The first-order valence-corrected chi connectivity index (χ1v) is 5.83. The third kappa shape index (κ3) is 8.01. The molecule has 0 aromatic heterocycles. The summed E-state index contributed by atoms with van der Waals surface area (Å²) in [6, 6.07) is -0.945. The maximum Gasteiger partial charge on any atom is 0.408 e. The molecule has 7 nitrogen and oxygen atoms in total. The van der Waals surface area contributed by atoms with Gasteiger partial charge in [0.25, 0.3) is 0 Å². The molecule has 0 fully saturated rings. The molecule has 0 heterocycles. The summed E-state index contributed by atoms with van der Waals surface area (Å²) in [4.78, 5) is 34.0. The molecular formula is C12H21NO6. The van der Waals surface area contributed by atoms with Crippen molar-refractivity contribution in [2.75, 3.05) is 14.2 Å². The summed E-state index contributed by atoms with van der Waals surface area (Å²) in [5, 5.41) is 2.36. The average molecular weight is 275 g/mol. The first-order chi connectivity index (χ1) is 8.69. The largest absolute Gasteiger partial charge is 0.469 e. The third-order valence-corrected chi connectivity index (χ3v) is 2.04. The Hall–Kier alpha value is -1.79. The van der Waals surface area contributed by atoms with Crippen molar-refractivity contribution in [3.63, 3.8) is 0 Å². The summed E-state index contributed by atoms with van der Waals surface area (Å²) in [5.41, 5.74) is -0.674. The van der Waals surface area contributed by atoms with Crippen molar-refractivity contribution >= 4 is 18.0 Å². The number of carbonyl (C=O) groups excluding carboxylic acids is 3. The Bertz CT molecular complexity index is 334. The van der Waals surface area contributed by atoms with Gasteiger partial charge in [-0.05, 0) is 27.2 Å². The van der Waals surface area contributed by atoms with E-state index < -0.39 is 29.7 Å². The lowest BCUT2D eigenvalue weighted by Crippen LogP contribution is -2.44. The van der Waals surface area contributed by atoms with E-state index in [1.165, 1.54) is 14.2 Å². The van der Waals surface area contributed by atoms with Gasteiger partial charge in [0.05, 0.1) is 14.2 Å². The van der Waals surface area contributed by atoms with Crippen LogP contribution in [0.3, 0.4) is 0 Å². The molecule has 0 aromatic carbocycles. The van der Waals surface area contributed by atoms with E-state index in [1.807, 2.05) is 0 Å². The molecule has 1 N–H and O–H groups in total. The van der Waals surface area contributed by atoms with Crippen LogP contribution in [0.2, 0.25) is 0 Å². The van der Waals surface area contributed by atoms with E-state index in [2.05, 4.69) is 14.8 Å². The van der Waals surface area contributed by atoms with Crippen molar-refractivity contribution in [3.05, 3.63) is 0 Å². The number of carbonyl (C=O) groups is 3. The van der Waals surface area contributed by atoms with Crippen molar-refractivity contribution < 1.29 is 28.6 Å². The van der Waals surface area contributed by atoms with Gasteiger partial charge in [-0.15, -0.1) is 0 Å². The van der Waals surface area contributed by atoms with Crippen LogP contribution in [0.25, 0.3) is 0 Å². The first kappa shape index (κ1) is 17.2. The number of rotatable bonds is 5. The highest BCUT2D eigenvalue weighted by atomic mass is 16.6. The highest BCUT2D eigenvalue weighted by molar-refractivity contribution is 5.82. The van der Waals surface area contributed by atoms with Crippen LogP contribution in [0.15, 0.2) is 0 Å². The number of esters is 2. The van der Waals surface area contributed by atoms with E-state index in [1.54, 1.807) is 20.8 Å². The molecule has 1 amide bonds. The Kier molecular flexibility index (Phi) is 6.89. The summed E-state index contributed by atoms with van der Waals surface area (Å²) < 4.78 is 14.0. The van der Waals surface area contributed by atoms with Gasteiger partial charge in [0, 0.05) is 6.42 Å². The van der Waals surface area contributed by atoms with Crippen LogP contribution in [0.5, 0.6) is 0 Å². The fourth-order valence-electron chi connectivity index (χ4n) is 1.21. The van der Waals surface area contributed by atoms with E-state index in [4.69, 9.17) is 4.74 Å². The molecule has 0 spiro atoms. The highest BCUT2D eigenvalue weighted by Crippen LogP contribution is 2.08. The van der Waals surface area contributed by atoms with Gasteiger partial charge in [-0.1, -0.05) is 0 Å². The predicted octanol–water partition coefficient (Wildman–Crippen LogP) is 1.01. The highest BCUT2D eigenvalue weighted by Gasteiger charge is 2.25. The Morgan fingerprint density at radius 2 is 1.68 bits per heavy atom. The third-order valence-electron chi connectivity index (χ3n) is 2.04. The molecule has 7 heteroatoms. The van der Waals surface area contributed by atoms with E-state index in [0.29, 0.717) is 0 Å². The van der Waals surface area contributed by atoms with Gasteiger partial charge in [0.2, 0.25) is 0 Å². The van der Waals surface area contributed by atoms with Crippen LogP contribution in [0, 0.1) is 0 Å². The Labute approximate surface area is 112 Å². The topological polar surface area (TPSA) is 90.9 Å². The zero-order chi connectivity index (χ0) is 15.1. The summed E-state index contributed by atoms with van der Waals surface area (Å²) in [7, 11) is 2.45. The first-order valence-electron chi connectivity index (χ1n) is 5.83. The minimum atomic E-state index is -0.945. The number of alkyl carbamates (subject to hydrolysis) is 1. The van der Waals surface area contributed by atoms with Gasteiger partial charge in [-0.3, -0.25) is 4.79 Å². The van der Waals surface area contributed by atoms with Crippen molar-refractivity contribution in [2.24, 2.45) is 0 Å². The molecule has 0 aliphatic heterocycles. The lowest BCUT2D eigenvalue weighted by molar-refractivity contribution is -0.144. The number of nitrogens with one attached hydrogen (secondary N) is 1. The van der Waals surface area contributed by atoms with E-state index in [0.717, 1.165) is 0 Å². The lowest BCUT2D eigenvalue weighted by Gasteiger charge is -2.22. The SMILES string of the molecule is COC(=O)CC[C@@H](NC(=O)OC(C)(C)C)C(=O)OC. The van der Waals surface area contributed by atoms with Crippen LogP contribution in [0.4, 0.5) is 4.79 Å². The molecule has 0 saturated carbocycles. The van der Waals surface area contributed by atoms with Gasteiger partial charge in [0.1, 0.15) is 11.6 Å². The standard InChI is InChI=1S/C12H21NO6/c1-12(2,3)19-11(16)13-8(10(15)18-5)6-7-9(14)17-4/h8H,6-7H2,1-5H3,(H,13,16)/t8-/m1/s1. The van der Waals surface area contributed by atoms with E-state index in [9.17, 15) is 14.4 Å². The summed E-state index contributed by atoms with van der Waals surface area (Å²) in [6.07, 6.45) is -0.669. The monoisotopic (exact) mass is 275 g/mol. The molecule has 0 aliphatic carbocycles. The van der Waals surface area contributed by atoms with Crippen LogP contribution >= 0.6 is 0 Å². The number of methoxy groups -OCH3 is 2. The minimum Gasteiger partial charge on any atom is -0.469 e. The summed E-state index contributed by atoms with van der Waals surface area (Å²) >= 11 is 0. The van der Waals surface area contributed by atoms with E-state index >= 15 is 0 Å². The van der Waals surface area contributed by atoms with Gasteiger partial charge < -0.3 is 19.5 Å². The van der Waals surface area contributed by atoms with Crippen LogP contribution in [-0.4, -0.2) is 43.9 Å². The van der Waals surface area contributed by atoms with Crippen LogP contribution in [-0.2, 0) is 23.8 Å².